The number of hydrogen-bond acceptors (Lipinski definition) is 6. The fourth-order valence-electron chi connectivity index (χ4n) is 1.88. The molecule has 15 heavy (non-hydrogen) atoms. The molecule has 1 aromatic rings. The quantitative estimate of drug-likeness (QED) is 0.765. The van der Waals surface area contributed by atoms with Crippen molar-refractivity contribution < 1.29 is 4.74 Å². The van der Waals surface area contributed by atoms with Crippen LogP contribution < -0.4 is 15.8 Å². The first-order valence-corrected chi connectivity index (χ1v) is 6.09. The normalized spacial score (nSPS) is 17.7. The predicted molar refractivity (Wildman–Crippen MR) is 60.1 cm³/mol. The highest BCUT2D eigenvalue weighted by Gasteiger charge is 2.17. The van der Waals surface area contributed by atoms with Crippen molar-refractivity contribution in [3.63, 3.8) is 0 Å². The number of hydrogen-bond donors (Lipinski definition) is 2. The Morgan fingerprint density at radius 3 is 2.93 bits per heavy atom. The van der Waals surface area contributed by atoms with E-state index in [1.54, 1.807) is 0 Å². The monoisotopic (exact) mass is 228 g/mol. The Bertz CT molecular complexity index is 298. The topological polar surface area (TPSA) is 73.1 Å². The molecule has 0 amide bonds. The molecule has 6 heteroatoms. The number of aromatic nitrogens is 2. The van der Waals surface area contributed by atoms with Crippen LogP contribution in [0.2, 0.25) is 0 Å². The van der Waals surface area contributed by atoms with Gasteiger partial charge < -0.3 is 10.1 Å². The predicted octanol–water partition coefficient (Wildman–Crippen LogP) is 1.58. The number of nitrogens with one attached hydrogen (secondary N) is 1. The zero-order valence-electron chi connectivity index (χ0n) is 8.61. The lowest BCUT2D eigenvalue weighted by atomic mass is 9.96. The van der Waals surface area contributed by atoms with Gasteiger partial charge in [0.2, 0.25) is 0 Å². The molecule has 1 saturated carbocycles. The van der Waals surface area contributed by atoms with E-state index in [0.29, 0.717) is 11.9 Å². The molecule has 3 N–H and O–H groups in total. The minimum atomic E-state index is 0.144. The Hall–Kier alpha value is -0.880. The maximum atomic E-state index is 5.31. The van der Waals surface area contributed by atoms with Crippen LogP contribution in [-0.2, 0) is 0 Å². The van der Waals surface area contributed by atoms with Gasteiger partial charge in [0.15, 0.2) is 5.00 Å². The van der Waals surface area contributed by atoms with E-state index in [2.05, 4.69) is 14.9 Å². The summed E-state index contributed by atoms with van der Waals surface area (Å²) in [5.41, 5.74) is 5.31. The van der Waals surface area contributed by atoms with E-state index in [9.17, 15) is 0 Å². The van der Waals surface area contributed by atoms with Gasteiger partial charge in [-0.1, -0.05) is 28.8 Å². The van der Waals surface area contributed by atoms with Crippen molar-refractivity contribution in [1.29, 1.82) is 0 Å². The summed E-state index contributed by atoms with van der Waals surface area (Å²) >= 11 is 1.33. The van der Waals surface area contributed by atoms with Gasteiger partial charge in [0.05, 0.1) is 0 Å². The van der Waals surface area contributed by atoms with Gasteiger partial charge >= 0.3 is 0 Å². The Morgan fingerprint density at radius 1 is 1.40 bits per heavy atom. The Balaban J connectivity index is 1.93. The summed E-state index contributed by atoms with van der Waals surface area (Å²) in [5.74, 6) is 0.535. The molecule has 0 atom stereocenters. The third kappa shape index (κ3) is 2.79. The molecule has 1 fully saturated rings. The molecule has 2 rings (SSSR count). The van der Waals surface area contributed by atoms with Crippen molar-refractivity contribution in [2.75, 3.05) is 12.0 Å². The molecular weight excluding hydrogens is 212 g/mol. The third-order valence-electron chi connectivity index (χ3n) is 2.62. The molecule has 84 valence electrons. The lowest BCUT2D eigenvalue weighted by Gasteiger charge is -2.22. The minimum Gasteiger partial charge on any atom is -0.459 e. The molecule has 1 aliphatic rings. The van der Waals surface area contributed by atoms with E-state index in [1.165, 1.54) is 43.6 Å². The average molecular weight is 228 g/mol. The van der Waals surface area contributed by atoms with Gasteiger partial charge in [-0.2, -0.15) is 0 Å². The molecule has 0 saturated heterocycles. The molecule has 1 aromatic heterocycles. The molecule has 5 nitrogen and oxygen atoms in total. The first kappa shape index (κ1) is 10.6. The summed E-state index contributed by atoms with van der Waals surface area (Å²) in [6.07, 6.45) is 6.40. The smallest absolute Gasteiger partial charge is 0.271 e. The van der Waals surface area contributed by atoms with Crippen molar-refractivity contribution in [2.45, 2.75) is 38.1 Å². The Kier molecular flexibility index (Phi) is 3.74. The standard InChI is InChI=1S/C9H16N4OS/c10-6-14-8-9(15-13-12-8)11-7-4-2-1-3-5-7/h7,11H,1-6,10H2. The first-order chi connectivity index (χ1) is 7.40. The van der Waals surface area contributed by atoms with Crippen LogP contribution >= 0.6 is 11.5 Å². The van der Waals surface area contributed by atoms with Crippen molar-refractivity contribution in [3.05, 3.63) is 0 Å². The van der Waals surface area contributed by atoms with Gasteiger partial charge in [-0.05, 0) is 12.8 Å². The second-order valence-corrected chi connectivity index (χ2v) is 4.45. The molecule has 1 aliphatic carbocycles. The lowest BCUT2D eigenvalue weighted by Crippen LogP contribution is -2.22. The van der Waals surface area contributed by atoms with Crippen LogP contribution in [-0.4, -0.2) is 22.4 Å². The van der Waals surface area contributed by atoms with Crippen LogP contribution in [0.4, 0.5) is 5.00 Å². The molecule has 1 heterocycles. The second-order valence-electron chi connectivity index (χ2n) is 3.70. The van der Waals surface area contributed by atoms with Crippen molar-refractivity contribution in [1.82, 2.24) is 9.59 Å². The fraction of sp³-hybridized carbons (Fsp3) is 0.778. The SMILES string of the molecule is NCOc1nnsc1NC1CCCCC1. The highest BCUT2D eigenvalue weighted by molar-refractivity contribution is 7.10. The van der Waals surface area contributed by atoms with Crippen molar-refractivity contribution >= 4 is 16.5 Å². The molecular formula is C9H16N4OS. The largest absolute Gasteiger partial charge is 0.459 e. The van der Waals surface area contributed by atoms with Gasteiger partial charge in [0.25, 0.3) is 5.88 Å². The first-order valence-electron chi connectivity index (χ1n) is 5.32. The van der Waals surface area contributed by atoms with Crippen LogP contribution in [0, 0.1) is 0 Å². The number of ether oxygens (including phenoxy) is 1. The van der Waals surface area contributed by atoms with Crippen LogP contribution in [0.3, 0.4) is 0 Å². The Labute approximate surface area is 93.2 Å². The summed E-state index contributed by atoms with van der Waals surface area (Å²) < 4.78 is 9.03. The van der Waals surface area contributed by atoms with Crippen LogP contribution in [0.5, 0.6) is 5.88 Å². The van der Waals surface area contributed by atoms with Crippen molar-refractivity contribution in [2.24, 2.45) is 5.73 Å². The average Bonchev–Trinajstić information content (AvgIpc) is 2.68. The summed E-state index contributed by atoms with van der Waals surface area (Å²) in [4.78, 5) is 0. The van der Waals surface area contributed by atoms with Crippen molar-refractivity contribution in [3.8, 4) is 5.88 Å². The summed E-state index contributed by atoms with van der Waals surface area (Å²) in [6, 6.07) is 0.543. The highest BCUT2D eigenvalue weighted by Crippen LogP contribution is 2.29. The number of nitrogens with zero attached hydrogens (tertiary/aromatic N) is 2. The maximum Gasteiger partial charge on any atom is 0.271 e. The van der Waals surface area contributed by atoms with E-state index < -0.39 is 0 Å². The van der Waals surface area contributed by atoms with E-state index >= 15 is 0 Å². The molecule has 0 aliphatic heterocycles. The van der Waals surface area contributed by atoms with Gasteiger partial charge in [-0.15, -0.1) is 0 Å². The summed E-state index contributed by atoms with van der Waals surface area (Å²) in [6.45, 7) is 0.144. The molecule has 0 bridgehead atoms. The van der Waals surface area contributed by atoms with Crippen LogP contribution in [0.25, 0.3) is 0 Å². The van der Waals surface area contributed by atoms with Gasteiger partial charge in [0, 0.05) is 17.6 Å². The Morgan fingerprint density at radius 2 is 2.20 bits per heavy atom. The van der Waals surface area contributed by atoms with Gasteiger partial charge in [-0.3, -0.25) is 5.73 Å². The zero-order valence-corrected chi connectivity index (χ0v) is 9.42. The highest BCUT2D eigenvalue weighted by atomic mass is 32.1. The number of rotatable bonds is 4. The molecule has 0 unspecified atom stereocenters. The third-order valence-corrected chi connectivity index (χ3v) is 3.26. The van der Waals surface area contributed by atoms with Crippen LogP contribution in [0.15, 0.2) is 0 Å². The summed E-state index contributed by atoms with van der Waals surface area (Å²) in [7, 11) is 0. The molecule has 0 aromatic carbocycles. The number of nitrogens with two attached hydrogens (primary N) is 1. The minimum absolute atomic E-state index is 0.144. The van der Waals surface area contributed by atoms with E-state index in [0.717, 1.165) is 5.00 Å². The lowest BCUT2D eigenvalue weighted by molar-refractivity contribution is 0.317. The maximum absolute atomic E-state index is 5.31. The zero-order chi connectivity index (χ0) is 10.5. The van der Waals surface area contributed by atoms with Crippen LogP contribution in [0.1, 0.15) is 32.1 Å². The van der Waals surface area contributed by atoms with E-state index in [-0.39, 0.29) is 6.73 Å². The van der Waals surface area contributed by atoms with E-state index in [4.69, 9.17) is 10.5 Å². The summed E-state index contributed by atoms with van der Waals surface area (Å²) in [5, 5.41) is 8.21. The molecule has 0 spiro atoms. The second kappa shape index (κ2) is 5.27. The fourth-order valence-corrected chi connectivity index (χ4v) is 2.47. The van der Waals surface area contributed by atoms with E-state index in [1.807, 2.05) is 0 Å². The van der Waals surface area contributed by atoms with Gasteiger partial charge in [0.1, 0.15) is 6.73 Å². The molecule has 0 radical (unpaired) electrons. The van der Waals surface area contributed by atoms with Gasteiger partial charge in [-0.25, -0.2) is 0 Å². The number of anilines is 1.